The largest absolute Gasteiger partial charge is 0.310 e. The summed E-state index contributed by atoms with van der Waals surface area (Å²) in [7, 11) is 0. The molecule has 7 aromatic rings. The summed E-state index contributed by atoms with van der Waals surface area (Å²) in [6.45, 7) is 22.9. The zero-order chi connectivity index (χ0) is 36.9. The van der Waals surface area contributed by atoms with Gasteiger partial charge in [-0.15, -0.1) is 0 Å². The van der Waals surface area contributed by atoms with Crippen LogP contribution in [0.5, 0.6) is 0 Å². The molecule has 262 valence electrons. The van der Waals surface area contributed by atoms with Crippen molar-refractivity contribution in [3.63, 3.8) is 0 Å². The molecule has 0 spiro atoms. The van der Waals surface area contributed by atoms with Gasteiger partial charge in [0.1, 0.15) is 0 Å². The van der Waals surface area contributed by atoms with Crippen molar-refractivity contribution in [2.24, 2.45) is 0 Å². The van der Waals surface area contributed by atoms with Crippen LogP contribution in [-0.2, 0) is 10.8 Å². The Balaban J connectivity index is 1.55. The standard InChI is InChI=1S/C50H52N2/c1-33-25-34(2)28-41(27-33)51(37-17-13-11-14-18-37)39-21-23-43-45(31-39)47(49(5,6)7)44-24-22-40(32-46(44)48(43)50(8,9)10)52(38-19-15-12-16-20-38)42-29-35(3)26-36(4)30-42/h11-32H,1-10H3. The van der Waals surface area contributed by atoms with Crippen LogP contribution < -0.4 is 9.80 Å². The lowest BCUT2D eigenvalue weighted by molar-refractivity contribution is 0.593. The van der Waals surface area contributed by atoms with Gasteiger partial charge in [-0.2, -0.15) is 0 Å². The van der Waals surface area contributed by atoms with Crippen LogP contribution in [0.25, 0.3) is 21.5 Å². The van der Waals surface area contributed by atoms with Crippen molar-refractivity contribution < 1.29 is 0 Å². The van der Waals surface area contributed by atoms with Gasteiger partial charge in [0, 0.05) is 34.1 Å². The number of hydrogen-bond donors (Lipinski definition) is 0. The van der Waals surface area contributed by atoms with E-state index in [0.29, 0.717) is 0 Å². The maximum atomic E-state index is 2.45. The molecule has 0 N–H and O–H groups in total. The van der Waals surface area contributed by atoms with Crippen molar-refractivity contribution in [3.8, 4) is 0 Å². The highest BCUT2D eigenvalue weighted by atomic mass is 15.1. The number of fused-ring (bicyclic) bond motifs is 2. The van der Waals surface area contributed by atoms with Crippen LogP contribution in [0.15, 0.2) is 133 Å². The van der Waals surface area contributed by atoms with Gasteiger partial charge in [0.05, 0.1) is 0 Å². The predicted molar refractivity (Wildman–Crippen MR) is 227 cm³/mol. The zero-order valence-electron chi connectivity index (χ0n) is 32.6. The minimum absolute atomic E-state index is 0.114. The third-order valence-corrected chi connectivity index (χ3v) is 10.1. The van der Waals surface area contributed by atoms with E-state index in [4.69, 9.17) is 0 Å². The number of nitrogens with zero attached hydrogens (tertiary/aromatic N) is 2. The Kier molecular flexibility index (Phi) is 8.99. The molecule has 0 aliphatic carbocycles. The Morgan fingerprint density at radius 1 is 0.308 bits per heavy atom. The van der Waals surface area contributed by atoms with E-state index in [9.17, 15) is 0 Å². The Morgan fingerprint density at radius 3 is 0.942 bits per heavy atom. The topological polar surface area (TPSA) is 6.48 Å². The van der Waals surface area contributed by atoms with Gasteiger partial charge in [-0.25, -0.2) is 0 Å². The third kappa shape index (κ3) is 6.71. The van der Waals surface area contributed by atoms with E-state index in [2.05, 4.69) is 212 Å². The highest BCUT2D eigenvalue weighted by Gasteiger charge is 2.29. The molecule has 0 aromatic heterocycles. The maximum Gasteiger partial charge on any atom is 0.0468 e. The molecule has 0 atom stereocenters. The molecular weight excluding hydrogens is 629 g/mol. The average molecular weight is 681 g/mol. The van der Waals surface area contributed by atoms with E-state index < -0.39 is 0 Å². The van der Waals surface area contributed by atoms with E-state index in [0.717, 1.165) is 22.7 Å². The molecule has 52 heavy (non-hydrogen) atoms. The number of benzene rings is 7. The Bertz CT molecular complexity index is 2190. The monoisotopic (exact) mass is 680 g/mol. The second kappa shape index (κ2) is 13.3. The fourth-order valence-electron chi connectivity index (χ4n) is 8.31. The fourth-order valence-corrected chi connectivity index (χ4v) is 8.31. The summed E-state index contributed by atoms with van der Waals surface area (Å²) >= 11 is 0. The molecule has 0 unspecified atom stereocenters. The van der Waals surface area contributed by atoms with Crippen molar-refractivity contribution >= 4 is 55.7 Å². The van der Waals surface area contributed by atoms with E-state index in [1.54, 1.807) is 0 Å². The summed E-state index contributed by atoms with van der Waals surface area (Å²) in [5.41, 5.74) is 14.5. The summed E-state index contributed by atoms with van der Waals surface area (Å²) in [6.07, 6.45) is 0. The van der Waals surface area contributed by atoms with Crippen molar-refractivity contribution in [2.45, 2.75) is 80.1 Å². The van der Waals surface area contributed by atoms with Crippen LogP contribution in [0, 0.1) is 27.7 Å². The number of aryl methyl sites for hydroxylation is 4. The molecule has 2 heteroatoms. The van der Waals surface area contributed by atoms with Crippen molar-refractivity contribution in [3.05, 3.63) is 167 Å². The van der Waals surface area contributed by atoms with Gasteiger partial charge >= 0.3 is 0 Å². The van der Waals surface area contributed by atoms with Crippen LogP contribution in [0.2, 0.25) is 0 Å². The maximum absolute atomic E-state index is 2.45. The van der Waals surface area contributed by atoms with Crippen LogP contribution in [0.4, 0.5) is 34.1 Å². The fraction of sp³-hybridized carbons (Fsp3) is 0.240. The highest BCUT2D eigenvalue weighted by molar-refractivity contribution is 6.10. The molecule has 7 aromatic carbocycles. The summed E-state index contributed by atoms with van der Waals surface area (Å²) in [4.78, 5) is 4.83. The number of anilines is 6. The molecule has 0 heterocycles. The van der Waals surface area contributed by atoms with E-state index in [1.165, 1.54) is 66.3 Å². The quantitative estimate of drug-likeness (QED) is 0.161. The lowest BCUT2D eigenvalue weighted by atomic mass is 9.74. The molecule has 2 nitrogen and oxygen atoms in total. The van der Waals surface area contributed by atoms with E-state index in [-0.39, 0.29) is 10.8 Å². The minimum atomic E-state index is -0.114. The Labute approximate surface area is 311 Å². The van der Waals surface area contributed by atoms with Gasteiger partial charge in [0.15, 0.2) is 0 Å². The Morgan fingerprint density at radius 2 is 0.635 bits per heavy atom. The molecule has 0 radical (unpaired) electrons. The minimum Gasteiger partial charge on any atom is -0.310 e. The SMILES string of the molecule is Cc1cc(C)cc(N(c2ccccc2)c2ccc3c(C(C)(C)C)c4cc(N(c5ccccc5)c5cc(C)cc(C)c5)ccc4c(C(C)(C)C)c3c2)c1. The predicted octanol–water partition coefficient (Wildman–Crippen LogP) is 14.8. The van der Waals surface area contributed by atoms with Crippen LogP contribution in [0.1, 0.15) is 74.9 Å². The normalized spacial score (nSPS) is 12.0. The lowest BCUT2D eigenvalue weighted by Gasteiger charge is -2.33. The van der Waals surface area contributed by atoms with Crippen molar-refractivity contribution in [1.29, 1.82) is 0 Å². The zero-order valence-corrected chi connectivity index (χ0v) is 32.6. The van der Waals surface area contributed by atoms with Gasteiger partial charge < -0.3 is 9.80 Å². The first-order valence-electron chi connectivity index (χ1n) is 18.6. The first kappa shape index (κ1) is 35.1. The van der Waals surface area contributed by atoms with Crippen LogP contribution in [-0.4, -0.2) is 0 Å². The van der Waals surface area contributed by atoms with Gasteiger partial charge in [-0.05, 0) is 166 Å². The summed E-state index contributed by atoms with van der Waals surface area (Å²) in [5, 5.41) is 5.26. The average Bonchev–Trinajstić information content (AvgIpc) is 3.06. The molecule has 0 saturated carbocycles. The lowest BCUT2D eigenvalue weighted by Crippen LogP contribution is -2.19. The Hall–Kier alpha value is -5.34. The molecule has 0 aliphatic rings. The highest BCUT2D eigenvalue weighted by Crippen LogP contribution is 2.48. The number of rotatable bonds is 6. The molecule has 0 amide bonds. The summed E-state index contributed by atoms with van der Waals surface area (Å²) in [5.74, 6) is 0. The molecule has 7 rings (SSSR count). The van der Waals surface area contributed by atoms with E-state index >= 15 is 0 Å². The summed E-state index contributed by atoms with van der Waals surface area (Å²) < 4.78 is 0. The van der Waals surface area contributed by atoms with Gasteiger partial charge in [0.2, 0.25) is 0 Å². The van der Waals surface area contributed by atoms with Gasteiger partial charge in [-0.3, -0.25) is 0 Å². The first-order valence-corrected chi connectivity index (χ1v) is 18.6. The molecular formula is C50H52N2. The number of para-hydroxylation sites is 2. The van der Waals surface area contributed by atoms with E-state index in [1.807, 2.05) is 0 Å². The second-order valence-electron chi connectivity index (χ2n) is 16.7. The summed E-state index contributed by atoms with van der Waals surface area (Å²) in [6, 6.07) is 49.6. The first-order chi connectivity index (χ1) is 24.7. The number of hydrogen-bond acceptors (Lipinski definition) is 2. The molecule has 0 aliphatic heterocycles. The molecule has 0 bridgehead atoms. The van der Waals surface area contributed by atoms with Crippen LogP contribution in [0.3, 0.4) is 0 Å². The molecule has 0 saturated heterocycles. The van der Waals surface area contributed by atoms with Gasteiger partial charge in [0.25, 0.3) is 0 Å². The molecule has 0 fully saturated rings. The second-order valence-corrected chi connectivity index (χ2v) is 16.7. The van der Waals surface area contributed by atoms with Gasteiger partial charge in [-0.1, -0.05) is 102 Å². The van der Waals surface area contributed by atoms with Crippen molar-refractivity contribution in [2.75, 3.05) is 9.80 Å². The third-order valence-electron chi connectivity index (χ3n) is 10.1. The van der Waals surface area contributed by atoms with Crippen LogP contribution >= 0.6 is 0 Å². The van der Waals surface area contributed by atoms with Crippen molar-refractivity contribution in [1.82, 2.24) is 0 Å². The smallest absolute Gasteiger partial charge is 0.0468 e.